The molecule has 0 aliphatic heterocycles. The van der Waals surface area contributed by atoms with Crippen LogP contribution in [0.1, 0.15) is 11.1 Å². The van der Waals surface area contributed by atoms with E-state index in [2.05, 4.69) is 20.9 Å². The molecule has 0 saturated carbocycles. The zero-order valence-electron chi connectivity index (χ0n) is 8.82. The van der Waals surface area contributed by atoms with Crippen molar-refractivity contribution >= 4 is 40.5 Å². The van der Waals surface area contributed by atoms with Crippen LogP contribution in [-0.2, 0) is 0 Å². The lowest BCUT2D eigenvalue weighted by Gasteiger charge is -2.00. The van der Waals surface area contributed by atoms with E-state index >= 15 is 0 Å². The van der Waals surface area contributed by atoms with E-state index in [1.165, 1.54) is 0 Å². The van der Waals surface area contributed by atoms with Crippen molar-refractivity contribution in [2.24, 2.45) is 0 Å². The summed E-state index contributed by atoms with van der Waals surface area (Å²) in [5.74, 6) is 0. The van der Waals surface area contributed by atoms with Gasteiger partial charge in [0.05, 0.1) is 10.6 Å². The molecule has 0 aliphatic rings. The maximum atomic E-state index is 9.75. The van der Waals surface area contributed by atoms with Crippen LogP contribution in [0, 0.1) is 19.2 Å². The zero-order chi connectivity index (χ0) is 13.8. The Bertz CT molecular complexity index is 452. The Kier molecular flexibility index (Phi) is 5.92. The van der Waals surface area contributed by atoms with E-state index in [-0.39, 0.29) is 0 Å². The number of halogens is 6. The fourth-order valence-electron chi connectivity index (χ4n) is 0.931. The molecule has 0 aromatic heterocycles. The summed E-state index contributed by atoms with van der Waals surface area (Å²) in [6.07, 6.45) is 0. The largest absolute Gasteiger partial charge is 0.673 e. The maximum absolute atomic E-state index is 9.75. The molecule has 0 bridgehead atoms. The van der Waals surface area contributed by atoms with Crippen LogP contribution in [0.4, 0.5) is 23.0 Å². The smallest absolute Gasteiger partial charge is 0.418 e. The molecular weight excluding hydrogens is 326 g/mol. The van der Waals surface area contributed by atoms with Crippen molar-refractivity contribution in [1.82, 2.24) is 0 Å². The molecule has 0 radical (unpaired) electrons. The summed E-state index contributed by atoms with van der Waals surface area (Å²) >= 11 is 9.26. The molecular formula is C8H7BBrClF4N2. The Labute approximate surface area is 109 Å². The molecule has 0 unspecified atom stereocenters. The lowest BCUT2D eigenvalue weighted by molar-refractivity contribution is 0.368. The van der Waals surface area contributed by atoms with E-state index in [0.717, 1.165) is 15.6 Å². The van der Waals surface area contributed by atoms with Crippen molar-refractivity contribution in [1.29, 1.82) is 5.39 Å². The van der Waals surface area contributed by atoms with Gasteiger partial charge in [-0.25, -0.2) is 0 Å². The molecule has 0 atom stereocenters. The van der Waals surface area contributed by atoms with Gasteiger partial charge in [0, 0.05) is 10.5 Å². The molecule has 0 amide bonds. The van der Waals surface area contributed by atoms with Crippen LogP contribution >= 0.6 is 27.5 Å². The second kappa shape index (κ2) is 6.22. The number of rotatable bonds is 0. The van der Waals surface area contributed by atoms with E-state index in [4.69, 9.17) is 17.0 Å². The average Bonchev–Trinajstić information content (AvgIpc) is 2.18. The predicted octanol–water partition coefficient (Wildman–Crippen LogP) is 5.50. The lowest BCUT2D eigenvalue weighted by atomic mass is 10.1. The highest BCUT2D eigenvalue weighted by Crippen LogP contribution is 2.35. The molecule has 0 spiro atoms. The molecule has 17 heavy (non-hydrogen) atoms. The summed E-state index contributed by atoms with van der Waals surface area (Å²) in [6.45, 7) is 3.70. The van der Waals surface area contributed by atoms with Crippen molar-refractivity contribution in [3.63, 3.8) is 0 Å². The number of hydrogen-bond acceptors (Lipinski definition) is 1. The first-order valence-electron chi connectivity index (χ1n) is 4.25. The normalized spacial score (nSPS) is 10.3. The van der Waals surface area contributed by atoms with Gasteiger partial charge in [-0.2, -0.15) is 0 Å². The first kappa shape index (κ1) is 16.2. The topological polar surface area (TPSA) is 28.1 Å². The van der Waals surface area contributed by atoms with Crippen molar-refractivity contribution in [2.45, 2.75) is 13.8 Å². The van der Waals surface area contributed by atoms with E-state index in [1.54, 1.807) is 6.07 Å². The summed E-state index contributed by atoms with van der Waals surface area (Å²) in [5.41, 5.74) is 2.28. The van der Waals surface area contributed by atoms with Gasteiger partial charge in [0.15, 0.2) is 4.98 Å². The summed E-state index contributed by atoms with van der Waals surface area (Å²) < 4.78 is 39.8. The highest BCUT2D eigenvalue weighted by molar-refractivity contribution is 9.10. The molecule has 1 rings (SSSR count). The summed E-state index contributed by atoms with van der Waals surface area (Å²) in [5, 5.41) is 9.29. The van der Waals surface area contributed by atoms with Crippen molar-refractivity contribution in [2.75, 3.05) is 0 Å². The van der Waals surface area contributed by atoms with Gasteiger partial charge >= 0.3 is 12.9 Å². The fourth-order valence-corrected chi connectivity index (χ4v) is 1.64. The third kappa shape index (κ3) is 5.89. The number of nitrogens with zero attached hydrogens (tertiary/aromatic N) is 2. The van der Waals surface area contributed by atoms with Gasteiger partial charge in [0.2, 0.25) is 5.39 Å². The molecule has 0 saturated heterocycles. The second-order valence-corrected chi connectivity index (χ2v) is 4.23. The van der Waals surface area contributed by atoms with Gasteiger partial charge < -0.3 is 17.3 Å². The highest BCUT2D eigenvalue weighted by Gasteiger charge is 2.20. The quantitative estimate of drug-likeness (QED) is 0.350. The van der Waals surface area contributed by atoms with Crippen molar-refractivity contribution < 1.29 is 17.3 Å². The van der Waals surface area contributed by atoms with Gasteiger partial charge in [0.25, 0.3) is 0 Å². The van der Waals surface area contributed by atoms with Gasteiger partial charge in [0.1, 0.15) is 0 Å². The average molecular weight is 333 g/mol. The minimum absolute atomic E-state index is 0.545. The lowest BCUT2D eigenvalue weighted by Crippen LogP contribution is -2.02. The van der Waals surface area contributed by atoms with Crippen molar-refractivity contribution in [3.8, 4) is 0 Å². The van der Waals surface area contributed by atoms with E-state index in [0.29, 0.717) is 10.7 Å². The van der Waals surface area contributed by atoms with E-state index in [1.807, 2.05) is 13.8 Å². The van der Waals surface area contributed by atoms with Crippen LogP contribution in [0.15, 0.2) is 10.5 Å². The molecule has 0 fully saturated rings. The van der Waals surface area contributed by atoms with E-state index < -0.39 is 7.25 Å². The molecule has 0 N–H and O–H groups in total. The Balaban J connectivity index is 0.000000437. The van der Waals surface area contributed by atoms with Crippen LogP contribution in [0.25, 0.3) is 4.98 Å². The van der Waals surface area contributed by atoms with Crippen LogP contribution < -0.4 is 0 Å². The Hall–Kier alpha value is -0.805. The number of aryl methyl sites for hydroxylation is 1. The molecule has 0 heterocycles. The first-order chi connectivity index (χ1) is 7.57. The summed E-state index contributed by atoms with van der Waals surface area (Å²) in [7, 11) is -6.00. The molecule has 9 heteroatoms. The predicted molar refractivity (Wildman–Crippen MR) is 63.6 cm³/mol. The molecule has 1 aromatic rings. The molecule has 94 valence electrons. The van der Waals surface area contributed by atoms with Crippen LogP contribution in [0.2, 0.25) is 5.02 Å². The third-order valence-corrected chi connectivity index (χ3v) is 3.42. The molecule has 2 nitrogen and oxygen atoms in total. The van der Waals surface area contributed by atoms with Crippen LogP contribution in [0.3, 0.4) is 0 Å². The van der Waals surface area contributed by atoms with Gasteiger partial charge in [-0.1, -0.05) is 11.6 Å². The third-order valence-electron chi connectivity index (χ3n) is 1.71. The monoisotopic (exact) mass is 332 g/mol. The SMILES string of the molecule is Cc1cc([N+]#N)c(C)c(Br)c1Cl.F[B-](F)(F)F. The van der Waals surface area contributed by atoms with Crippen LogP contribution in [0.5, 0.6) is 0 Å². The first-order valence-corrected chi connectivity index (χ1v) is 5.42. The van der Waals surface area contributed by atoms with Gasteiger partial charge in [-0.15, -0.1) is 0 Å². The zero-order valence-corrected chi connectivity index (χ0v) is 11.2. The minimum atomic E-state index is -6.00. The second-order valence-electron chi connectivity index (χ2n) is 3.06. The van der Waals surface area contributed by atoms with Gasteiger partial charge in [-0.3, -0.25) is 0 Å². The Morgan fingerprint density at radius 2 is 1.71 bits per heavy atom. The highest BCUT2D eigenvalue weighted by atomic mass is 79.9. The Morgan fingerprint density at radius 1 is 1.29 bits per heavy atom. The van der Waals surface area contributed by atoms with Gasteiger partial charge in [-0.05, 0) is 35.3 Å². The van der Waals surface area contributed by atoms with Crippen molar-refractivity contribution in [3.05, 3.63) is 31.7 Å². The number of benzene rings is 1. The summed E-state index contributed by atoms with van der Waals surface area (Å²) in [6, 6.07) is 1.74. The maximum Gasteiger partial charge on any atom is 0.673 e. The standard InChI is InChI=1S/C8H7BrClN2.BF4/c1-4-3-6(12-11)5(2)7(9)8(4)10;2-1(3,4)5/h3H,1-2H3;/q+1;-1. The number of hydrogen-bond donors (Lipinski definition) is 0. The van der Waals surface area contributed by atoms with E-state index in [9.17, 15) is 17.3 Å². The Morgan fingerprint density at radius 3 is 2.06 bits per heavy atom. The molecule has 1 aromatic carbocycles. The van der Waals surface area contributed by atoms with Crippen LogP contribution in [-0.4, -0.2) is 7.25 Å². The summed E-state index contributed by atoms with van der Waals surface area (Å²) in [4.78, 5) is 3.14. The molecule has 0 aliphatic carbocycles. The minimum Gasteiger partial charge on any atom is -0.418 e. The fraction of sp³-hybridized carbons (Fsp3) is 0.250. The number of diazo groups is 1.